The SMILES string of the molecule is C=C(C#Cc1ccccc1C)/C=C\C=C/C(C)NC(=O)CCC=O. The summed E-state index contributed by atoms with van der Waals surface area (Å²) in [6, 6.07) is 7.85. The van der Waals surface area contributed by atoms with Gasteiger partial charge < -0.3 is 10.1 Å². The summed E-state index contributed by atoms with van der Waals surface area (Å²) in [6.07, 6.45) is 8.57. The van der Waals surface area contributed by atoms with Crippen LogP contribution < -0.4 is 5.32 Å². The fourth-order valence-electron chi connectivity index (χ4n) is 1.87. The van der Waals surface area contributed by atoms with Crippen molar-refractivity contribution >= 4 is 12.2 Å². The number of hydrogen-bond donors (Lipinski definition) is 1. The van der Waals surface area contributed by atoms with Crippen LogP contribution in [-0.4, -0.2) is 18.2 Å². The summed E-state index contributed by atoms with van der Waals surface area (Å²) in [7, 11) is 0. The van der Waals surface area contributed by atoms with Crippen molar-refractivity contribution in [3.8, 4) is 11.8 Å². The molecule has 1 amide bonds. The molecule has 0 fully saturated rings. The van der Waals surface area contributed by atoms with Gasteiger partial charge in [0.15, 0.2) is 0 Å². The molecule has 0 radical (unpaired) electrons. The molecule has 0 heterocycles. The molecule has 0 aliphatic heterocycles. The van der Waals surface area contributed by atoms with Gasteiger partial charge in [0, 0.05) is 30.0 Å². The largest absolute Gasteiger partial charge is 0.350 e. The number of amides is 1. The van der Waals surface area contributed by atoms with E-state index in [0.717, 1.165) is 17.4 Å². The zero-order chi connectivity index (χ0) is 17.8. The molecule has 1 unspecified atom stereocenters. The molecule has 1 aromatic carbocycles. The molecule has 0 aliphatic rings. The number of hydrogen-bond acceptors (Lipinski definition) is 2. The monoisotopic (exact) mass is 321 g/mol. The molecule has 1 N–H and O–H groups in total. The Kier molecular flexibility index (Phi) is 8.63. The van der Waals surface area contributed by atoms with Crippen LogP contribution in [0.25, 0.3) is 0 Å². The van der Waals surface area contributed by atoms with E-state index in [9.17, 15) is 9.59 Å². The Morgan fingerprint density at radius 1 is 1.33 bits per heavy atom. The summed E-state index contributed by atoms with van der Waals surface area (Å²) in [5.74, 6) is 5.98. The second-order valence-electron chi connectivity index (χ2n) is 5.40. The summed E-state index contributed by atoms with van der Waals surface area (Å²) in [5.41, 5.74) is 2.85. The zero-order valence-electron chi connectivity index (χ0n) is 14.2. The van der Waals surface area contributed by atoms with E-state index >= 15 is 0 Å². The minimum Gasteiger partial charge on any atom is -0.350 e. The van der Waals surface area contributed by atoms with E-state index in [0.29, 0.717) is 5.57 Å². The Morgan fingerprint density at radius 3 is 2.79 bits per heavy atom. The minimum absolute atomic E-state index is 0.0971. The van der Waals surface area contributed by atoms with E-state index in [1.807, 2.05) is 62.4 Å². The Balaban J connectivity index is 2.46. The van der Waals surface area contributed by atoms with Gasteiger partial charge in [-0.1, -0.05) is 54.8 Å². The van der Waals surface area contributed by atoms with Crippen molar-refractivity contribution in [2.75, 3.05) is 0 Å². The third-order valence-electron chi connectivity index (χ3n) is 3.19. The fraction of sp³-hybridized carbons (Fsp3) is 0.238. The van der Waals surface area contributed by atoms with Crippen LogP contribution in [0.2, 0.25) is 0 Å². The molecular formula is C21H23NO2. The molecule has 124 valence electrons. The zero-order valence-corrected chi connectivity index (χ0v) is 14.2. The molecule has 3 heteroatoms. The highest BCUT2D eigenvalue weighted by molar-refractivity contribution is 5.78. The average molecular weight is 321 g/mol. The standard InChI is InChI=1S/C21H23NO2/c1-17(14-15-20-12-7-5-10-18(20)2)9-4-6-11-19(3)22-21(24)13-8-16-23/h4-7,9-12,16,19H,1,8,13H2,2-3H3,(H,22,24)/b9-4-,11-6-. The maximum atomic E-state index is 11.4. The molecule has 3 nitrogen and oxygen atoms in total. The topological polar surface area (TPSA) is 46.2 Å². The van der Waals surface area contributed by atoms with Gasteiger partial charge in [0.1, 0.15) is 6.29 Å². The Labute approximate surface area is 144 Å². The molecule has 24 heavy (non-hydrogen) atoms. The summed E-state index contributed by atoms with van der Waals surface area (Å²) in [6.45, 7) is 7.80. The molecule has 1 rings (SSSR count). The van der Waals surface area contributed by atoms with Crippen molar-refractivity contribution in [3.63, 3.8) is 0 Å². The maximum Gasteiger partial charge on any atom is 0.220 e. The lowest BCUT2D eigenvalue weighted by Crippen LogP contribution is -2.30. The predicted molar refractivity (Wildman–Crippen MR) is 98.4 cm³/mol. The van der Waals surface area contributed by atoms with Gasteiger partial charge in [0.2, 0.25) is 5.91 Å². The highest BCUT2D eigenvalue weighted by Crippen LogP contribution is 2.05. The normalized spacial score (nSPS) is 11.8. The third-order valence-corrected chi connectivity index (χ3v) is 3.19. The van der Waals surface area contributed by atoms with Gasteiger partial charge in [-0.15, -0.1) is 0 Å². The molecule has 1 atom stereocenters. The van der Waals surface area contributed by atoms with Crippen molar-refractivity contribution in [1.29, 1.82) is 0 Å². The summed E-state index contributed by atoms with van der Waals surface area (Å²) < 4.78 is 0. The van der Waals surface area contributed by atoms with E-state index in [4.69, 9.17) is 0 Å². The molecule has 1 aromatic rings. The lowest BCUT2D eigenvalue weighted by molar-refractivity contribution is -0.122. The molecule has 0 saturated carbocycles. The third kappa shape index (κ3) is 7.95. The van der Waals surface area contributed by atoms with Crippen molar-refractivity contribution in [3.05, 3.63) is 71.8 Å². The van der Waals surface area contributed by atoms with Gasteiger partial charge in [-0.05, 0) is 31.6 Å². The number of benzene rings is 1. The number of carbonyl (C=O) groups excluding carboxylic acids is 2. The molecule has 0 saturated heterocycles. The lowest BCUT2D eigenvalue weighted by Gasteiger charge is -2.07. The van der Waals surface area contributed by atoms with E-state index in [-0.39, 0.29) is 24.8 Å². The van der Waals surface area contributed by atoms with E-state index < -0.39 is 0 Å². The van der Waals surface area contributed by atoms with Crippen molar-refractivity contribution < 1.29 is 9.59 Å². The van der Waals surface area contributed by atoms with Gasteiger partial charge in [-0.25, -0.2) is 0 Å². The first-order chi connectivity index (χ1) is 11.5. The van der Waals surface area contributed by atoms with Gasteiger partial charge in [0.25, 0.3) is 0 Å². The van der Waals surface area contributed by atoms with Crippen LogP contribution in [0.1, 0.15) is 30.9 Å². The van der Waals surface area contributed by atoms with Gasteiger partial charge >= 0.3 is 0 Å². The lowest BCUT2D eigenvalue weighted by atomic mass is 10.1. The van der Waals surface area contributed by atoms with Crippen LogP contribution in [0.15, 0.2) is 60.7 Å². The molecule has 0 spiro atoms. The average Bonchev–Trinajstić information content (AvgIpc) is 2.56. The Bertz CT molecular complexity index is 702. The molecule has 0 aliphatic carbocycles. The van der Waals surface area contributed by atoms with Crippen molar-refractivity contribution in [2.45, 2.75) is 32.7 Å². The second-order valence-corrected chi connectivity index (χ2v) is 5.40. The van der Waals surface area contributed by atoms with E-state index in [1.165, 1.54) is 0 Å². The fourth-order valence-corrected chi connectivity index (χ4v) is 1.87. The molecule has 0 aromatic heterocycles. The van der Waals surface area contributed by atoms with Crippen LogP contribution in [-0.2, 0) is 9.59 Å². The van der Waals surface area contributed by atoms with Gasteiger partial charge in [-0.2, -0.15) is 0 Å². The maximum absolute atomic E-state index is 11.4. The first-order valence-corrected chi connectivity index (χ1v) is 7.87. The quantitative estimate of drug-likeness (QED) is 0.475. The first-order valence-electron chi connectivity index (χ1n) is 7.87. The smallest absolute Gasteiger partial charge is 0.220 e. The number of aldehydes is 1. The van der Waals surface area contributed by atoms with Crippen molar-refractivity contribution in [1.82, 2.24) is 5.32 Å². The van der Waals surface area contributed by atoms with Gasteiger partial charge in [0.05, 0.1) is 0 Å². The molecule has 0 bridgehead atoms. The number of aryl methyl sites for hydroxylation is 1. The minimum atomic E-state index is -0.128. The van der Waals surface area contributed by atoms with E-state index in [1.54, 1.807) is 0 Å². The summed E-state index contributed by atoms with van der Waals surface area (Å²) >= 11 is 0. The highest BCUT2D eigenvalue weighted by atomic mass is 16.1. The van der Waals surface area contributed by atoms with Crippen LogP contribution in [0.4, 0.5) is 0 Å². The van der Waals surface area contributed by atoms with Crippen molar-refractivity contribution in [2.24, 2.45) is 0 Å². The molecular weight excluding hydrogens is 298 g/mol. The second kappa shape index (κ2) is 10.8. The first kappa shape index (κ1) is 19.2. The van der Waals surface area contributed by atoms with Crippen LogP contribution in [0, 0.1) is 18.8 Å². The number of carbonyl (C=O) groups is 2. The van der Waals surface area contributed by atoms with Crippen LogP contribution in [0.3, 0.4) is 0 Å². The number of rotatable bonds is 7. The Hall–Kier alpha value is -2.86. The van der Waals surface area contributed by atoms with Gasteiger partial charge in [-0.3, -0.25) is 4.79 Å². The summed E-state index contributed by atoms with van der Waals surface area (Å²) in [5, 5.41) is 2.79. The predicted octanol–water partition coefficient (Wildman–Crippen LogP) is 3.50. The highest BCUT2D eigenvalue weighted by Gasteiger charge is 2.02. The van der Waals surface area contributed by atoms with Crippen LogP contribution in [0.5, 0.6) is 0 Å². The Morgan fingerprint density at radius 2 is 2.08 bits per heavy atom. The van der Waals surface area contributed by atoms with E-state index in [2.05, 4.69) is 23.7 Å². The summed E-state index contributed by atoms with van der Waals surface area (Å²) in [4.78, 5) is 21.7. The van der Waals surface area contributed by atoms with Crippen LogP contribution >= 0.6 is 0 Å². The number of allylic oxidation sites excluding steroid dienone is 4. The number of nitrogens with one attached hydrogen (secondary N) is 1.